The van der Waals surface area contributed by atoms with Crippen LogP contribution in [0.15, 0.2) is 24.3 Å². The highest BCUT2D eigenvalue weighted by Gasteiger charge is 2.05. The average Bonchev–Trinajstić information content (AvgIpc) is 2.35. The molecule has 0 saturated heterocycles. The van der Waals surface area contributed by atoms with E-state index in [1.165, 1.54) is 7.11 Å². The van der Waals surface area contributed by atoms with Gasteiger partial charge in [-0.3, -0.25) is 0 Å². The Hall–Kier alpha value is -1.35. The quantitative estimate of drug-likeness (QED) is 0.719. The lowest BCUT2D eigenvalue weighted by Crippen LogP contribution is -2.06. The summed E-state index contributed by atoms with van der Waals surface area (Å²) in [4.78, 5) is 11.2. The molecule has 16 heavy (non-hydrogen) atoms. The normalized spacial score (nSPS) is 12.2. The number of esters is 1. The van der Waals surface area contributed by atoms with E-state index < -0.39 is 0 Å². The molecular formula is C13H18O3. The van der Waals surface area contributed by atoms with E-state index >= 15 is 0 Å². The zero-order chi connectivity index (χ0) is 12.0. The summed E-state index contributed by atoms with van der Waals surface area (Å²) >= 11 is 0. The number of hydrogen-bond donors (Lipinski definition) is 0. The van der Waals surface area contributed by atoms with Crippen LogP contribution in [0.3, 0.4) is 0 Å². The fourth-order valence-corrected chi connectivity index (χ4v) is 1.21. The van der Waals surface area contributed by atoms with Gasteiger partial charge in [0.1, 0.15) is 0 Å². The highest BCUT2D eigenvalue weighted by Crippen LogP contribution is 2.08. The molecule has 0 N–H and O–H groups in total. The van der Waals surface area contributed by atoms with E-state index in [1.54, 1.807) is 12.1 Å². The summed E-state index contributed by atoms with van der Waals surface area (Å²) in [6, 6.07) is 7.27. The number of methoxy groups -OCH3 is 1. The Labute approximate surface area is 96.4 Å². The number of carbonyl (C=O) groups is 1. The minimum absolute atomic E-state index is 0.264. The lowest BCUT2D eigenvalue weighted by Gasteiger charge is -2.10. The Morgan fingerprint density at radius 2 is 1.94 bits per heavy atom. The van der Waals surface area contributed by atoms with Gasteiger partial charge < -0.3 is 9.47 Å². The number of ether oxygens (including phenoxy) is 2. The summed E-state index contributed by atoms with van der Waals surface area (Å²) in [5.41, 5.74) is 1.63. The standard InChI is InChI=1S/C13H18O3/c1-4-10(2)16-9-11-5-7-12(8-6-11)13(14)15-3/h5-8,10H,4,9H2,1-3H3. The zero-order valence-electron chi connectivity index (χ0n) is 10.0. The van der Waals surface area contributed by atoms with E-state index in [0.717, 1.165) is 12.0 Å². The monoisotopic (exact) mass is 222 g/mol. The predicted molar refractivity (Wildman–Crippen MR) is 62.3 cm³/mol. The molecule has 1 rings (SSSR count). The number of benzene rings is 1. The van der Waals surface area contributed by atoms with E-state index in [4.69, 9.17) is 4.74 Å². The molecule has 0 aliphatic carbocycles. The van der Waals surface area contributed by atoms with Gasteiger partial charge in [-0.05, 0) is 31.0 Å². The van der Waals surface area contributed by atoms with Gasteiger partial charge in [-0.15, -0.1) is 0 Å². The van der Waals surface area contributed by atoms with E-state index in [2.05, 4.69) is 11.7 Å². The smallest absolute Gasteiger partial charge is 0.337 e. The molecule has 0 aliphatic rings. The Morgan fingerprint density at radius 1 is 1.31 bits per heavy atom. The molecule has 1 aromatic carbocycles. The van der Waals surface area contributed by atoms with Gasteiger partial charge in [0.2, 0.25) is 0 Å². The summed E-state index contributed by atoms with van der Waals surface area (Å²) in [5.74, 6) is -0.311. The van der Waals surface area contributed by atoms with Crippen molar-refractivity contribution in [1.29, 1.82) is 0 Å². The van der Waals surface area contributed by atoms with Gasteiger partial charge in [-0.2, -0.15) is 0 Å². The highest BCUT2D eigenvalue weighted by atomic mass is 16.5. The minimum atomic E-state index is -0.311. The van der Waals surface area contributed by atoms with Crippen molar-refractivity contribution in [2.75, 3.05) is 7.11 Å². The second-order valence-electron chi connectivity index (χ2n) is 3.72. The summed E-state index contributed by atoms with van der Waals surface area (Å²) in [7, 11) is 1.38. The molecule has 0 aliphatic heterocycles. The van der Waals surface area contributed by atoms with Crippen molar-refractivity contribution in [2.24, 2.45) is 0 Å². The van der Waals surface area contributed by atoms with Crippen molar-refractivity contribution in [2.45, 2.75) is 33.0 Å². The molecule has 0 bridgehead atoms. The van der Waals surface area contributed by atoms with Crippen LogP contribution in [-0.4, -0.2) is 19.2 Å². The van der Waals surface area contributed by atoms with Crippen LogP contribution in [0.2, 0.25) is 0 Å². The number of carbonyl (C=O) groups excluding carboxylic acids is 1. The van der Waals surface area contributed by atoms with Crippen molar-refractivity contribution in [3.63, 3.8) is 0 Å². The first-order valence-corrected chi connectivity index (χ1v) is 5.46. The Kier molecular flexibility index (Phi) is 4.99. The van der Waals surface area contributed by atoms with Crippen LogP contribution in [0.4, 0.5) is 0 Å². The molecule has 0 spiro atoms. The summed E-state index contributed by atoms with van der Waals surface area (Å²) in [5, 5.41) is 0. The van der Waals surface area contributed by atoms with Crippen LogP contribution < -0.4 is 0 Å². The lowest BCUT2D eigenvalue weighted by atomic mass is 10.1. The molecule has 0 fully saturated rings. The summed E-state index contributed by atoms with van der Waals surface area (Å²) in [6.07, 6.45) is 1.26. The number of hydrogen-bond acceptors (Lipinski definition) is 3. The molecule has 88 valence electrons. The minimum Gasteiger partial charge on any atom is -0.465 e. The van der Waals surface area contributed by atoms with Crippen LogP contribution in [0.1, 0.15) is 36.2 Å². The lowest BCUT2D eigenvalue weighted by molar-refractivity contribution is 0.0507. The van der Waals surface area contributed by atoms with Crippen LogP contribution in [0.25, 0.3) is 0 Å². The second kappa shape index (κ2) is 6.28. The SMILES string of the molecule is CCC(C)OCc1ccc(C(=O)OC)cc1. The van der Waals surface area contributed by atoms with E-state index in [0.29, 0.717) is 12.2 Å². The topological polar surface area (TPSA) is 35.5 Å². The molecule has 0 amide bonds. The van der Waals surface area contributed by atoms with Crippen molar-refractivity contribution in [1.82, 2.24) is 0 Å². The Morgan fingerprint density at radius 3 is 2.44 bits per heavy atom. The van der Waals surface area contributed by atoms with E-state index in [-0.39, 0.29) is 12.1 Å². The first-order valence-electron chi connectivity index (χ1n) is 5.46. The van der Waals surface area contributed by atoms with Gasteiger partial charge >= 0.3 is 5.97 Å². The molecule has 0 heterocycles. The molecule has 0 saturated carbocycles. The van der Waals surface area contributed by atoms with Crippen LogP contribution in [0, 0.1) is 0 Å². The van der Waals surface area contributed by atoms with Crippen molar-refractivity contribution < 1.29 is 14.3 Å². The Bertz CT molecular complexity index is 330. The predicted octanol–water partition coefficient (Wildman–Crippen LogP) is 2.79. The zero-order valence-corrected chi connectivity index (χ0v) is 10.0. The molecule has 0 aromatic heterocycles. The molecule has 1 atom stereocenters. The van der Waals surface area contributed by atoms with Crippen molar-refractivity contribution in [3.8, 4) is 0 Å². The second-order valence-corrected chi connectivity index (χ2v) is 3.72. The molecule has 0 radical (unpaired) electrons. The maximum atomic E-state index is 11.2. The van der Waals surface area contributed by atoms with Gasteiger partial charge in [0, 0.05) is 0 Å². The molecule has 1 aromatic rings. The van der Waals surface area contributed by atoms with Gasteiger partial charge in [0.15, 0.2) is 0 Å². The molecule has 3 heteroatoms. The van der Waals surface area contributed by atoms with Crippen molar-refractivity contribution >= 4 is 5.97 Å². The summed E-state index contributed by atoms with van der Waals surface area (Å²) < 4.78 is 10.2. The van der Waals surface area contributed by atoms with Crippen molar-refractivity contribution in [3.05, 3.63) is 35.4 Å². The maximum absolute atomic E-state index is 11.2. The van der Waals surface area contributed by atoms with Crippen LogP contribution in [-0.2, 0) is 16.1 Å². The van der Waals surface area contributed by atoms with Crippen LogP contribution >= 0.6 is 0 Å². The first kappa shape index (κ1) is 12.7. The third kappa shape index (κ3) is 3.66. The van der Waals surface area contributed by atoms with Gasteiger partial charge in [-0.25, -0.2) is 4.79 Å². The first-order chi connectivity index (χ1) is 7.67. The fourth-order valence-electron chi connectivity index (χ4n) is 1.21. The largest absolute Gasteiger partial charge is 0.465 e. The number of rotatable bonds is 5. The van der Waals surface area contributed by atoms with E-state index in [9.17, 15) is 4.79 Å². The van der Waals surface area contributed by atoms with E-state index in [1.807, 2.05) is 19.1 Å². The molecule has 3 nitrogen and oxygen atoms in total. The average molecular weight is 222 g/mol. The molecular weight excluding hydrogens is 204 g/mol. The van der Waals surface area contributed by atoms with Gasteiger partial charge in [0.25, 0.3) is 0 Å². The van der Waals surface area contributed by atoms with Crippen LogP contribution in [0.5, 0.6) is 0 Å². The highest BCUT2D eigenvalue weighted by molar-refractivity contribution is 5.89. The van der Waals surface area contributed by atoms with Gasteiger partial charge in [-0.1, -0.05) is 19.1 Å². The third-order valence-electron chi connectivity index (χ3n) is 2.48. The Balaban J connectivity index is 2.54. The fraction of sp³-hybridized carbons (Fsp3) is 0.462. The van der Waals surface area contributed by atoms with Gasteiger partial charge in [0.05, 0.1) is 25.4 Å². The summed E-state index contributed by atoms with van der Waals surface area (Å²) in [6.45, 7) is 4.71. The molecule has 1 unspecified atom stereocenters. The third-order valence-corrected chi connectivity index (χ3v) is 2.48. The maximum Gasteiger partial charge on any atom is 0.337 e.